The van der Waals surface area contributed by atoms with Crippen molar-refractivity contribution in [1.82, 2.24) is 0 Å². The molecule has 7 atom stereocenters. The maximum absolute atomic E-state index is 12.2. The summed E-state index contributed by atoms with van der Waals surface area (Å²) in [7, 11) is 1.42. The van der Waals surface area contributed by atoms with Gasteiger partial charge in [-0.2, -0.15) is 0 Å². The molecule has 9 fully saturated rings. The van der Waals surface area contributed by atoms with Crippen molar-refractivity contribution < 1.29 is 42.9 Å². The minimum absolute atomic E-state index is 0.0251. The predicted octanol–water partition coefficient (Wildman–Crippen LogP) is 10.5. The van der Waals surface area contributed by atoms with Crippen LogP contribution < -0.4 is 0 Å². The Balaban J connectivity index is 0.000000153. The molecule has 1 heterocycles. The molecule has 0 aromatic rings. The van der Waals surface area contributed by atoms with Crippen LogP contribution in [-0.2, 0) is 42.9 Å². The van der Waals surface area contributed by atoms with Crippen molar-refractivity contribution in [2.45, 2.75) is 184 Å². The molecule has 6 bridgehead atoms. The van der Waals surface area contributed by atoms with E-state index in [2.05, 4.69) is 11.7 Å². The molecular formula is C48H80O9. The molecule has 0 N–H and O–H groups in total. The maximum atomic E-state index is 12.2. The van der Waals surface area contributed by atoms with Gasteiger partial charge in [0.25, 0.3) is 0 Å². The number of fused-ring (bicyclic) bond motifs is 6. The smallest absolute Gasteiger partial charge is 0.313 e. The van der Waals surface area contributed by atoms with Crippen LogP contribution in [0.5, 0.6) is 0 Å². The molecule has 0 aromatic carbocycles. The van der Waals surface area contributed by atoms with Crippen LogP contribution >= 0.6 is 0 Å². The lowest BCUT2D eigenvalue weighted by atomic mass is 9.55. The Morgan fingerprint density at radius 3 is 1.74 bits per heavy atom. The molecule has 8 aliphatic carbocycles. The first-order valence-electron chi connectivity index (χ1n) is 23.2. The molecule has 9 heteroatoms. The van der Waals surface area contributed by atoms with Gasteiger partial charge in [0.15, 0.2) is 6.79 Å². The highest BCUT2D eigenvalue weighted by atomic mass is 16.7. The molecule has 9 rings (SSSR count). The fourth-order valence-corrected chi connectivity index (χ4v) is 11.7. The van der Waals surface area contributed by atoms with Crippen LogP contribution in [-0.4, -0.2) is 56.6 Å². The second-order valence-corrected chi connectivity index (χ2v) is 21.2. The van der Waals surface area contributed by atoms with Crippen LogP contribution in [0.15, 0.2) is 0 Å². The van der Waals surface area contributed by atoms with E-state index in [9.17, 15) is 19.2 Å². The fraction of sp³-hybridized carbons (Fsp3) is 0.917. The topological polar surface area (TPSA) is 114 Å². The molecule has 0 spiro atoms. The Bertz CT molecular complexity index is 1340. The van der Waals surface area contributed by atoms with E-state index in [4.69, 9.17) is 18.9 Å². The van der Waals surface area contributed by atoms with E-state index >= 15 is 0 Å². The summed E-state index contributed by atoms with van der Waals surface area (Å²) in [6, 6.07) is 0. The quantitative estimate of drug-likeness (QED) is 0.121. The van der Waals surface area contributed by atoms with Crippen LogP contribution in [0.1, 0.15) is 171 Å². The normalized spacial score (nSPS) is 35.6. The molecular weight excluding hydrogens is 721 g/mol. The van der Waals surface area contributed by atoms with Gasteiger partial charge in [0.05, 0.1) is 42.0 Å². The fourth-order valence-electron chi connectivity index (χ4n) is 11.7. The SMILES string of the molecule is CCC(C)(C)C(=O)OC.CCC(C)(C)C(=O)OC1CC2CC1C1CCCC21.CCC(C)(C)C(=O)OCOC1C2CC3CC(C2)CC1C3.O=C1OCC2CCCCC12. The summed E-state index contributed by atoms with van der Waals surface area (Å²) in [5.74, 6) is 7.44. The van der Waals surface area contributed by atoms with E-state index in [1.54, 1.807) is 0 Å². The average Bonchev–Trinajstić information content (AvgIpc) is 4.00. The Morgan fingerprint density at radius 1 is 0.614 bits per heavy atom. The number of carbonyl (C=O) groups is 4. The summed E-state index contributed by atoms with van der Waals surface area (Å²) >= 11 is 0. The minimum atomic E-state index is -0.395. The maximum Gasteiger partial charge on any atom is 0.313 e. The van der Waals surface area contributed by atoms with Gasteiger partial charge in [-0.25, -0.2) is 0 Å². The summed E-state index contributed by atoms with van der Waals surface area (Å²) in [5, 5.41) is 0. The largest absolute Gasteiger partial charge is 0.469 e. The number of cyclic esters (lactones) is 1. The van der Waals surface area contributed by atoms with Gasteiger partial charge in [-0.15, -0.1) is 0 Å². The van der Waals surface area contributed by atoms with Gasteiger partial charge in [-0.3, -0.25) is 19.2 Å². The molecule has 0 aromatic heterocycles. The van der Waals surface area contributed by atoms with Crippen molar-refractivity contribution in [2.24, 2.45) is 75.4 Å². The third-order valence-corrected chi connectivity index (χ3v) is 16.4. The van der Waals surface area contributed by atoms with Crippen molar-refractivity contribution in [2.75, 3.05) is 20.5 Å². The van der Waals surface area contributed by atoms with Gasteiger partial charge in [0.1, 0.15) is 6.10 Å². The summed E-state index contributed by atoms with van der Waals surface area (Å²) in [5.41, 5.74) is -1.01. The monoisotopic (exact) mass is 801 g/mol. The number of rotatable bonds is 10. The number of methoxy groups -OCH3 is 1. The van der Waals surface area contributed by atoms with Gasteiger partial charge in [0, 0.05) is 5.92 Å². The molecule has 1 saturated heterocycles. The lowest BCUT2D eigenvalue weighted by molar-refractivity contribution is -0.193. The summed E-state index contributed by atoms with van der Waals surface area (Å²) < 4.78 is 26.7. The zero-order valence-corrected chi connectivity index (χ0v) is 37.5. The minimum Gasteiger partial charge on any atom is -0.469 e. The number of esters is 4. The first-order chi connectivity index (χ1) is 26.9. The number of hydrogen-bond donors (Lipinski definition) is 0. The average molecular weight is 801 g/mol. The Labute approximate surface area is 345 Å². The predicted molar refractivity (Wildman–Crippen MR) is 220 cm³/mol. The Morgan fingerprint density at radius 2 is 1.18 bits per heavy atom. The van der Waals surface area contributed by atoms with Crippen molar-refractivity contribution in [1.29, 1.82) is 0 Å². The molecule has 9 nitrogen and oxygen atoms in total. The highest BCUT2D eigenvalue weighted by Crippen LogP contribution is 2.59. The Hall–Kier alpha value is -2.16. The van der Waals surface area contributed by atoms with Crippen LogP contribution in [0.25, 0.3) is 0 Å². The van der Waals surface area contributed by atoms with Gasteiger partial charge in [-0.1, -0.05) is 40.0 Å². The molecule has 7 unspecified atom stereocenters. The molecule has 1 aliphatic heterocycles. The van der Waals surface area contributed by atoms with E-state index in [0.717, 1.165) is 73.5 Å². The van der Waals surface area contributed by atoms with Crippen LogP contribution in [0.3, 0.4) is 0 Å². The highest BCUT2D eigenvalue weighted by molar-refractivity contribution is 5.76. The molecule has 0 amide bonds. The lowest BCUT2D eigenvalue weighted by Gasteiger charge is -2.53. The number of carbonyl (C=O) groups excluding carboxylic acids is 4. The van der Waals surface area contributed by atoms with Crippen LogP contribution in [0, 0.1) is 75.4 Å². The zero-order valence-electron chi connectivity index (χ0n) is 37.5. The second-order valence-electron chi connectivity index (χ2n) is 21.2. The third-order valence-electron chi connectivity index (χ3n) is 16.4. The van der Waals surface area contributed by atoms with Crippen LogP contribution in [0.2, 0.25) is 0 Å². The van der Waals surface area contributed by atoms with E-state index in [1.807, 2.05) is 55.4 Å². The van der Waals surface area contributed by atoms with Gasteiger partial charge in [-0.05, 0) is 179 Å². The van der Waals surface area contributed by atoms with E-state index in [0.29, 0.717) is 24.5 Å². The second kappa shape index (κ2) is 19.5. The third kappa shape index (κ3) is 11.0. The van der Waals surface area contributed by atoms with E-state index in [1.165, 1.54) is 84.2 Å². The first-order valence-corrected chi connectivity index (χ1v) is 23.2. The number of hydrogen-bond acceptors (Lipinski definition) is 9. The highest BCUT2D eigenvalue weighted by Gasteiger charge is 2.55. The molecule has 0 radical (unpaired) electrons. The molecule has 8 saturated carbocycles. The van der Waals surface area contributed by atoms with Crippen molar-refractivity contribution in [3.63, 3.8) is 0 Å². The van der Waals surface area contributed by atoms with E-state index in [-0.39, 0.29) is 53.5 Å². The summed E-state index contributed by atoms with van der Waals surface area (Å²) in [6.07, 6.45) is 21.4. The zero-order chi connectivity index (χ0) is 41.7. The molecule has 57 heavy (non-hydrogen) atoms. The molecule has 9 aliphatic rings. The number of ether oxygens (including phenoxy) is 5. The standard InChI is InChI=1S/C17H28O3.C16H26O2.C8H12O2.C7H14O2/c1-4-17(2,3)16(18)20-10-19-15-13-6-11-5-12(8-13)9-14(15)7-11;1-4-16(2,3)15(17)18-14-9-10-8-13(14)12-7-5-6-11(10)12;9-8-7-4-2-1-3-6(7)5-10-8;1-5-7(2,3)6(8)9-4/h11-15H,4-10H2,1-3H3;10-14H,4-9H2,1-3H3;6-7H,1-5H2;5H2,1-4H3. The summed E-state index contributed by atoms with van der Waals surface area (Å²) in [6.45, 7) is 18.5. The lowest BCUT2D eigenvalue weighted by Crippen LogP contribution is -2.49. The van der Waals surface area contributed by atoms with Crippen molar-refractivity contribution in [3.05, 3.63) is 0 Å². The summed E-state index contributed by atoms with van der Waals surface area (Å²) in [4.78, 5) is 46.0. The van der Waals surface area contributed by atoms with Gasteiger partial charge < -0.3 is 23.7 Å². The molecule has 326 valence electrons. The van der Waals surface area contributed by atoms with Crippen LogP contribution in [0.4, 0.5) is 0 Å². The first kappa shape index (κ1) is 45.9. The van der Waals surface area contributed by atoms with Gasteiger partial charge >= 0.3 is 23.9 Å². The van der Waals surface area contributed by atoms with Crippen molar-refractivity contribution >= 4 is 23.9 Å². The van der Waals surface area contributed by atoms with Gasteiger partial charge in [0.2, 0.25) is 0 Å². The van der Waals surface area contributed by atoms with Crippen molar-refractivity contribution in [3.8, 4) is 0 Å². The van der Waals surface area contributed by atoms with E-state index < -0.39 is 5.41 Å². The Kier molecular flexibility index (Phi) is 15.7.